The normalized spacial score (nSPS) is 13.4. The van der Waals surface area contributed by atoms with Crippen molar-refractivity contribution in [3.8, 4) is 0 Å². The number of carbonyl (C=O) groups is 2. The summed E-state index contributed by atoms with van der Waals surface area (Å²) in [4.78, 5) is 22.6. The first kappa shape index (κ1) is 16.0. The fourth-order valence-electron chi connectivity index (χ4n) is 1.67. The zero-order valence-corrected chi connectivity index (χ0v) is 11.5. The third-order valence-electron chi connectivity index (χ3n) is 2.78. The van der Waals surface area contributed by atoms with E-state index in [0.717, 1.165) is 18.2 Å². The van der Waals surface area contributed by atoms with E-state index in [1.807, 2.05) is 0 Å². The van der Waals surface area contributed by atoms with Gasteiger partial charge in [0.1, 0.15) is 11.6 Å². The number of carbonyl (C=O) groups excluding carboxylic acids is 2. The number of amides is 3. The highest BCUT2D eigenvalue weighted by atomic mass is 19.1. The lowest BCUT2D eigenvalue weighted by Gasteiger charge is -2.20. The van der Waals surface area contributed by atoms with Crippen molar-refractivity contribution in [3.63, 3.8) is 0 Å². The van der Waals surface area contributed by atoms with E-state index in [-0.39, 0.29) is 5.56 Å². The molecule has 0 spiro atoms. The van der Waals surface area contributed by atoms with Crippen LogP contribution in [0.3, 0.4) is 0 Å². The molecule has 0 heterocycles. The maximum atomic E-state index is 13.6. The first-order valence-electron chi connectivity index (χ1n) is 6.08. The van der Waals surface area contributed by atoms with Crippen molar-refractivity contribution >= 4 is 11.9 Å². The zero-order valence-electron chi connectivity index (χ0n) is 11.5. The van der Waals surface area contributed by atoms with Gasteiger partial charge in [-0.05, 0) is 32.0 Å². The van der Waals surface area contributed by atoms with Crippen molar-refractivity contribution in [3.05, 3.63) is 35.4 Å². The van der Waals surface area contributed by atoms with Crippen molar-refractivity contribution in [1.29, 1.82) is 0 Å². The van der Waals surface area contributed by atoms with Gasteiger partial charge in [0.15, 0.2) is 0 Å². The minimum Gasteiger partial charge on any atom is -0.341 e. The van der Waals surface area contributed by atoms with E-state index in [9.17, 15) is 18.4 Å². The lowest BCUT2D eigenvalue weighted by Crippen LogP contribution is -2.47. The summed E-state index contributed by atoms with van der Waals surface area (Å²) >= 11 is 0. The Bertz CT molecular complexity index is 508. The Morgan fingerprint density at radius 1 is 1.20 bits per heavy atom. The number of halogens is 2. The van der Waals surface area contributed by atoms with Crippen LogP contribution in [0.2, 0.25) is 0 Å². The van der Waals surface area contributed by atoms with E-state index in [1.54, 1.807) is 6.92 Å². The van der Waals surface area contributed by atoms with Crippen molar-refractivity contribution in [2.24, 2.45) is 0 Å². The summed E-state index contributed by atoms with van der Waals surface area (Å²) in [6, 6.07) is 1.15. The Labute approximate surface area is 115 Å². The van der Waals surface area contributed by atoms with Gasteiger partial charge < -0.3 is 5.32 Å². The van der Waals surface area contributed by atoms with Crippen LogP contribution in [0, 0.1) is 11.6 Å². The van der Waals surface area contributed by atoms with Crippen LogP contribution >= 0.6 is 0 Å². The van der Waals surface area contributed by atoms with Gasteiger partial charge in [0.2, 0.25) is 5.91 Å². The molecule has 110 valence electrons. The smallest absolute Gasteiger partial charge is 0.321 e. The highest BCUT2D eigenvalue weighted by Gasteiger charge is 2.19. The van der Waals surface area contributed by atoms with Crippen LogP contribution in [0.15, 0.2) is 18.2 Å². The Balaban J connectivity index is 2.70. The summed E-state index contributed by atoms with van der Waals surface area (Å²) in [5.74, 6) is -1.68. The predicted octanol–water partition coefficient (Wildman–Crippen LogP) is 1.46. The molecule has 3 N–H and O–H groups in total. The molecule has 0 aromatic heterocycles. The van der Waals surface area contributed by atoms with Gasteiger partial charge in [0.25, 0.3) is 0 Å². The Hall–Kier alpha value is -2.02. The van der Waals surface area contributed by atoms with Crippen LogP contribution in [0.1, 0.15) is 25.5 Å². The number of imide groups is 1. The van der Waals surface area contributed by atoms with Crippen LogP contribution in [-0.2, 0) is 4.79 Å². The number of urea groups is 1. The molecule has 0 saturated heterocycles. The quantitative estimate of drug-likeness (QED) is 0.784. The third-order valence-corrected chi connectivity index (χ3v) is 2.78. The molecule has 0 radical (unpaired) electrons. The molecule has 0 aliphatic rings. The lowest BCUT2D eigenvalue weighted by molar-refractivity contribution is -0.121. The average Bonchev–Trinajstić information content (AvgIpc) is 2.40. The highest BCUT2D eigenvalue weighted by Crippen LogP contribution is 2.18. The first-order valence-corrected chi connectivity index (χ1v) is 6.08. The molecule has 1 rings (SSSR count). The molecule has 3 amide bonds. The average molecular weight is 285 g/mol. The topological polar surface area (TPSA) is 70.2 Å². The molecular weight excluding hydrogens is 268 g/mol. The van der Waals surface area contributed by atoms with Crippen molar-refractivity contribution in [1.82, 2.24) is 16.0 Å². The van der Waals surface area contributed by atoms with Crippen LogP contribution in [-0.4, -0.2) is 25.0 Å². The van der Waals surface area contributed by atoms with Gasteiger partial charge >= 0.3 is 6.03 Å². The van der Waals surface area contributed by atoms with E-state index in [1.165, 1.54) is 14.0 Å². The van der Waals surface area contributed by atoms with Gasteiger partial charge in [-0.3, -0.25) is 15.4 Å². The zero-order chi connectivity index (χ0) is 15.3. The highest BCUT2D eigenvalue weighted by molar-refractivity contribution is 5.96. The van der Waals surface area contributed by atoms with Crippen LogP contribution < -0.4 is 16.0 Å². The minimum absolute atomic E-state index is 0.115. The van der Waals surface area contributed by atoms with Crippen LogP contribution in [0.5, 0.6) is 0 Å². The van der Waals surface area contributed by atoms with Gasteiger partial charge in [-0.2, -0.15) is 0 Å². The molecule has 7 heteroatoms. The van der Waals surface area contributed by atoms with Crippen molar-refractivity contribution < 1.29 is 18.4 Å². The first-order chi connectivity index (χ1) is 9.35. The summed E-state index contributed by atoms with van der Waals surface area (Å²) in [5, 5.41) is 7.13. The number of hydrogen-bond donors (Lipinski definition) is 3. The van der Waals surface area contributed by atoms with E-state index in [4.69, 9.17) is 0 Å². The van der Waals surface area contributed by atoms with E-state index in [0.29, 0.717) is 0 Å². The molecule has 0 aliphatic carbocycles. The minimum atomic E-state index is -0.745. The summed E-state index contributed by atoms with van der Waals surface area (Å²) in [5.41, 5.74) is 0.115. The summed E-state index contributed by atoms with van der Waals surface area (Å²) < 4.78 is 26.7. The summed E-state index contributed by atoms with van der Waals surface area (Å²) in [6.45, 7) is 3.12. The fourth-order valence-corrected chi connectivity index (χ4v) is 1.67. The molecule has 0 unspecified atom stereocenters. The maximum absolute atomic E-state index is 13.6. The van der Waals surface area contributed by atoms with Gasteiger partial charge in [-0.25, -0.2) is 13.6 Å². The molecule has 1 aromatic carbocycles. The molecular formula is C13H17F2N3O2. The molecule has 1 aromatic rings. The summed E-state index contributed by atoms with van der Waals surface area (Å²) in [7, 11) is 1.38. The molecule has 5 nitrogen and oxygen atoms in total. The molecule has 20 heavy (non-hydrogen) atoms. The number of hydrogen-bond acceptors (Lipinski definition) is 3. The van der Waals surface area contributed by atoms with Gasteiger partial charge in [-0.15, -0.1) is 0 Å². The second kappa shape index (κ2) is 6.95. The standard InChI is InChI=1S/C13H17F2N3O2/c1-7(10-6-9(14)4-5-11(10)15)17-8(2)12(19)18-13(20)16-3/h4-8,17H,1-3H3,(H2,16,18,19,20)/t7-,8+/m0/s1. The second-order valence-corrected chi connectivity index (χ2v) is 4.34. The van der Waals surface area contributed by atoms with Crippen LogP contribution in [0.4, 0.5) is 13.6 Å². The second-order valence-electron chi connectivity index (χ2n) is 4.34. The van der Waals surface area contributed by atoms with Crippen molar-refractivity contribution in [2.75, 3.05) is 7.05 Å². The lowest BCUT2D eigenvalue weighted by atomic mass is 10.1. The summed E-state index contributed by atoms with van der Waals surface area (Å²) in [6.07, 6.45) is 0. The van der Waals surface area contributed by atoms with Gasteiger partial charge in [0, 0.05) is 18.7 Å². The predicted molar refractivity (Wildman–Crippen MR) is 70.0 cm³/mol. The van der Waals surface area contributed by atoms with E-state index >= 15 is 0 Å². The fraction of sp³-hybridized carbons (Fsp3) is 0.385. The molecule has 0 aliphatic heterocycles. The SMILES string of the molecule is CNC(=O)NC(=O)[C@@H](C)N[C@@H](C)c1cc(F)ccc1F. The number of rotatable bonds is 4. The molecule has 2 atom stereocenters. The Morgan fingerprint density at radius 3 is 2.45 bits per heavy atom. The van der Waals surface area contributed by atoms with E-state index < -0.39 is 35.7 Å². The van der Waals surface area contributed by atoms with Crippen molar-refractivity contribution in [2.45, 2.75) is 25.9 Å². The molecule has 0 bridgehead atoms. The largest absolute Gasteiger partial charge is 0.341 e. The Morgan fingerprint density at radius 2 is 1.85 bits per heavy atom. The monoisotopic (exact) mass is 285 g/mol. The Kier molecular flexibility index (Phi) is 5.57. The van der Waals surface area contributed by atoms with Crippen LogP contribution in [0.25, 0.3) is 0 Å². The van der Waals surface area contributed by atoms with Gasteiger partial charge in [0.05, 0.1) is 6.04 Å². The molecule has 0 fully saturated rings. The number of benzene rings is 1. The maximum Gasteiger partial charge on any atom is 0.321 e. The van der Waals surface area contributed by atoms with E-state index in [2.05, 4.69) is 16.0 Å². The third kappa shape index (κ3) is 4.27. The molecule has 0 saturated carbocycles. The number of nitrogens with one attached hydrogen (secondary N) is 3. The van der Waals surface area contributed by atoms with Gasteiger partial charge in [-0.1, -0.05) is 0 Å².